The molecule has 1 saturated heterocycles. The van der Waals surface area contributed by atoms with Gasteiger partial charge in [-0.3, -0.25) is 19.6 Å². The monoisotopic (exact) mass is 441 g/mol. The number of nitrogens with zero attached hydrogens (tertiary/aromatic N) is 7. The minimum atomic E-state index is -0.410. The van der Waals surface area contributed by atoms with E-state index in [0.29, 0.717) is 36.8 Å². The van der Waals surface area contributed by atoms with E-state index < -0.39 is 5.83 Å². The second-order valence-corrected chi connectivity index (χ2v) is 8.15. The molecule has 8 nitrogen and oxygen atoms in total. The van der Waals surface area contributed by atoms with Gasteiger partial charge in [0.15, 0.2) is 0 Å². The fraction of sp³-hybridized carbons (Fsp3) is 0.435. The minimum absolute atomic E-state index is 0.149. The molecule has 3 heterocycles. The highest BCUT2D eigenvalue weighted by Gasteiger charge is 2.26. The summed E-state index contributed by atoms with van der Waals surface area (Å²) in [5.74, 6) is 0.251. The molecule has 0 saturated carbocycles. The summed E-state index contributed by atoms with van der Waals surface area (Å²) in [4.78, 5) is 6.59. The molecule has 0 atom stereocenters. The molecule has 0 aliphatic carbocycles. The highest BCUT2D eigenvalue weighted by Crippen LogP contribution is 2.28. The van der Waals surface area contributed by atoms with E-state index in [-0.39, 0.29) is 11.6 Å². The van der Waals surface area contributed by atoms with Crippen LogP contribution in [0.15, 0.2) is 60.2 Å². The Morgan fingerprint density at radius 2 is 1.97 bits per heavy atom. The van der Waals surface area contributed by atoms with Gasteiger partial charge in [-0.2, -0.15) is 10.2 Å². The van der Waals surface area contributed by atoms with Gasteiger partial charge in [-0.05, 0) is 38.3 Å². The third kappa shape index (κ3) is 5.16. The maximum atomic E-state index is 14.7. The highest BCUT2D eigenvalue weighted by atomic mass is 19.1. The van der Waals surface area contributed by atoms with Crippen molar-refractivity contribution in [3.8, 4) is 0 Å². The van der Waals surface area contributed by atoms with Crippen molar-refractivity contribution in [3.63, 3.8) is 0 Å². The summed E-state index contributed by atoms with van der Waals surface area (Å²) < 4.78 is 18.0. The second kappa shape index (κ2) is 9.95. The number of piperidine rings is 1. The van der Waals surface area contributed by atoms with Gasteiger partial charge in [0.25, 0.3) is 0 Å². The molecule has 0 bridgehead atoms. The topological polar surface area (TPSA) is 74.7 Å². The maximum absolute atomic E-state index is 14.7. The SMILES string of the molecule is C=C(C1CCN(C(=C)N=C(/C(F)=C\C)c2c(C)cnn2C)CC1)N(O)Cc1cnn(C)c1. The van der Waals surface area contributed by atoms with Crippen molar-refractivity contribution in [2.75, 3.05) is 13.1 Å². The summed E-state index contributed by atoms with van der Waals surface area (Å²) in [7, 11) is 3.61. The van der Waals surface area contributed by atoms with Crippen molar-refractivity contribution >= 4 is 5.71 Å². The summed E-state index contributed by atoms with van der Waals surface area (Å²) in [5.41, 5.74) is 3.33. The second-order valence-electron chi connectivity index (χ2n) is 8.15. The van der Waals surface area contributed by atoms with Gasteiger partial charge >= 0.3 is 0 Å². The molecule has 9 heteroatoms. The quantitative estimate of drug-likeness (QED) is 0.499. The molecular formula is C23H32FN7O. The number of hydroxylamine groups is 2. The number of likely N-dealkylation sites (tertiary alicyclic amines) is 1. The fourth-order valence-electron chi connectivity index (χ4n) is 3.95. The lowest BCUT2D eigenvalue weighted by molar-refractivity contribution is -0.0758. The smallest absolute Gasteiger partial charge is 0.146 e. The van der Waals surface area contributed by atoms with E-state index in [0.717, 1.165) is 24.0 Å². The molecule has 1 aliphatic heterocycles. The largest absolute Gasteiger partial charge is 0.357 e. The van der Waals surface area contributed by atoms with Crippen LogP contribution in [0.25, 0.3) is 0 Å². The van der Waals surface area contributed by atoms with E-state index >= 15 is 0 Å². The molecule has 172 valence electrons. The lowest BCUT2D eigenvalue weighted by Gasteiger charge is -2.36. The Hall–Kier alpha value is -3.20. The van der Waals surface area contributed by atoms with Crippen LogP contribution in [0.4, 0.5) is 4.39 Å². The Morgan fingerprint density at radius 1 is 1.28 bits per heavy atom. The number of aromatic nitrogens is 4. The predicted molar refractivity (Wildman–Crippen MR) is 122 cm³/mol. The molecule has 0 unspecified atom stereocenters. The standard InChI is InChI=1S/C23H32FN7O/c1-7-21(24)22(23-16(2)12-26-29(23)6)27-18(4)30-10-8-20(9-11-30)17(3)31(32)15-19-13-25-28(5)14-19/h7,12-14,20,32H,3-4,8-11,15H2,1-2,5-6H3/b21-7+,27-22?. The number of aryl methyl sites for hydroxylation is 3. The number of allylic oxidation sites excluding steroid dienone is 3. The fourth-order valence-corrected chi connectivity index (χ4v) is 3.95. The van der Waals surface area contributed by atoms with Crippen molar-refractivity contribution in [3.05, 3.63) is 72.0 Å². The average molecular weight is 442 g/mol. The van der Waals surface area contributed by atoms with Crippen LogP contribution < -0.4 is 0 Å². The Balaban J connectivity index is 1.64. The summed E-state index contributed by atoms with van der Waals surface area (Å²) in [6, 6.07) is 0. The first kappa shape index (κ1) is 23.5. The van der Waals surface area contributed by atoms with Crippen LogP contribution in [0.2, 0.25) is 0 Å². The molecular weight excluding hydrogens is 409 g/mol. The Labute approximate surface area is 188 Å². The van der Waals surface area contributed by atoms with Gasteiger partial charge in [0.05, 0.1) is 24.6 Å². The van der Waals surface area contributed by atoms with Crippen molar-refractivity contribution in [2.45, 2.75) is 33.2 Å². The van der Waals surface area contributed by atoms with E-state index in [2.05, 4.69) is 28.3 Å². The lowest BCUT2D eigenvalue weighted by atomic mass is 9.93. The number of aliphatic imine (C=N–C) groups is 1. The van der Waals surface area contributed by atoms with E-state index in [4.69, 9.17) is 0 Å². The zero-order chi connectivity index (χ0) is 23.4. The van der Waals surface area contributed by atoms with E-state index in [1.165, 1.54) is 11.1 Å². The van der Waals surface area contributed by atoms with Crippen molar-refractivity contribution in [1.82, 2.24) is 29.5 Å². The molecule has 3 rings (SSSR count). The van der Waals surface area contributed by atoms with Gasteiger partial charge < -0.3 is 4.90 Å². The zero-order valence-corrected chi connectivity index (χ0v) is 19.3. The van der Waals surface area contributed by atoms with Crippen molar-refractivity contribution < 1.29 is 9.60 Å². The van der Waals surface area contributed by atoms with Crippen LogP contribution >= 0.6 is 0 Å². The maximum Gasteiger partial charge on any atom is 0.146 e. The van der Waals surface area contributed by atoms with Crippen LogP contribution in [0.5, 0.6) is 0 Å². The third-order valence-electron chi connectivity index (χ3n) is 5.82. The molecule has 0 spiro atoms. The normalized spacial score (nSPS) is 15.9. The first-order valence-corrected chi connectivity index (χ1v) is 10.7. The molecule has 0 radical (unpaired) electrons. The molecule has 32 heavy (non-hydrogen) atoms. The number of rotatable bonds is 8. The molecule has 2 aromatic rings. The van der Waals surface area contributed by atoms with Crippen LogP contribution in [0, 0.1) is 12.8 Å². The molecule has 1 aliphatic rings. The van der Waals surface area contributed by atoms with Gasteiger partial charge in [-0.15, -0.1) is 0 Å². The molecule has 2 aromatic heterocycles. The van der Waals surface area contributed by atoms with Crippen LogP contribution in [-0.2, 0) is 20.6 Å². The van der Waals surface area contributed by atoms with Crippen molar-refractivity contribution in [1.29, 1.82) is 0 Å². The Morgan fingerprint density at radius 3 is 2.50 bits per heavy atom. The Kier molecular flexibility index (Phi) is 7.29. The summed E-state index contributed by atoms with van der Waals surface area (Å²) in [6.07, 6.45) is 8.28. The van der Waals surface area contributed by atoms with E-state index in [9.17, 15) is 9.60 Å². The number of halogens is 1. The third-order valence-corrected chi connectivity index (χ3v) is 5.82. The number of hydrogen-bond donors (Lipinski definition) is 1. The first-order chi connectivity index (χ1) is 15.2. The molecule has 0 aromatic carbocycles. The van der Waals surface area contributed by atoms with E-state index in [1.807, 2.05) is 25.1 Å². The first-order valence-electron chi connectivity index (χ1n) is 10.7. The van der Waals surface area contributed by atoms with Crippen molar-refractivity contribution in [2.24, 2.45) is 25.0 Å². The van der Waals surface area contributed by atoms with Crippen LogP contribution in [0.3, 0.4) is 0 Å². The van der Waals surface area contributed by atoms with E-state index in [1.54, 1.807) is 35.7 Å². The summed E-state index contributed by atoms with van der Waals surface area (Å²) >= 11 is 0. The molecule has 1 N–H and O–H groups in total. The number of hydrogen-bond acceptors (Lipinski definition) is 6. The van der Waals surface area contributed by atoms with Gasteiger partial charge in [-0.1, -0.05) is 13.2 Å². The lowest BCUT2D eigenvalue weighted by Crippen LogP contribution is -2.35. The predicted octanol–water partition coefficient (Wildman–Crippen LogP) is 3.71. The van der Waals surface area contributed by atoms with Gasteiger partial charge in [-0.25, -0.2) is 9.38 Å². The van der Waals surface area contributed by atoms with Crippen LogP contribution in [0.1, 0.15) is 36.6 Å². The Bertz CT molecular complexity index is 1020. The zero-order valence-electron chi connectivity index (χ0n) is 19.3. The molecule has 1 fully saturated rings. The average Bonchev–Trinajstić information content (AvgIpc) is 3.34. The highest BCUT2D eigenvalue weighted by molar-refractivity contribution is 6.11. The minimum Gasteiger partial charge on any atom is -0.357 e. The van der Waals surface area contributed by atoms with Crippen LogP contribution in [-0.4, -0.2) is 53.5 Å². The van der Waals surface area contributed by atoms with Gasteiger partial charge in [0.1, 0.15) is 17.4 Å². The van der Waals surface area contributed by atoms with Gasteiger partial charge in [0.2, 0.25) is 0 Å². The summed E-state index contributed by atoms with van der Waals surface area (Å²) in [6.45, 7) is 13.5. The van der Waals surface area contributed by atoms with Gasteiger partial charge in [0, 0.05) is 50.6 Å². The summed E-state index contributed by atoms with van der Waals surface area (Å²) in [5, 5.41) is 20.0. The molecule has 0 amide bonds.